The molecule has 23 heavy (non-hydrogen) atoms. The molecular weight excluding hydrogens is 330 g/mol. The fraction of sp³-hybridized carbons (Fsp3) is 0.294. The van der Waals surface area contributed by atoms with Gasteiger partial charge in [-0.05, 0) is 49.0 Å². The second-order valence-corrected chi connectivity index (χ2v) is 7.23. The zero-order valence-corrected chi connectivity index (χ0v) is 14.0. The summed E-state index contributed by atoms with van der Waals surface area (Å²) in [7, 11) is 0. The molecule has 3 heterocycles. The van der Waals surface area contributed by atoms with Crippen molar-refractivity contribution in [1.29, 1.82) is 0 Å². The lowest BCUT2D eigenvalue weighted by molar-refractivity contribution is 0.245. The Morgan fingerprint density at radius 3 is 3.13 bits per heavy atom. The van der Waals surface area contributed by atoms with E-state index in [0.29, 0.717) is 34.3 Å². The summed E-state index contributed by atoms with van der Waals surface area (Å²) < 4.78 is 0. The summed E-state index contributed by atoms with van der Waals surface area (Å²) in [4.78, 5) is 23.5. The molecule has 0 bridgehead atoms. The monoisotopic (exact) mass is 345 g/mol. The highest BCUT2D eigenvalue weighted by atomic mass is 35.5. The van der Waals surface area contributed by atoms with Gasteiger partial charge in [-0.2, -0.15) is 0 Å². The average Bonchev–Trinajstić information content (AvgIpc) is 3.17. The molecule has 1 aliphatic rings. The molecule has 118 valence electrons. The maximum atomic E-state index is 12.2. The third-order valence-electron chi connectivity index (χ3n) is 4.31. The molecule has 0 saturated carbocycles. The number of likely N-dealkylation sites (tertiary alicyclic amines) is 1. The number of hydrogen-bond donors (Lipinski definition) is 1. The van der Waals surface area contributed by atoms with Crippen LogP contribution in [0.15, 0.2) is 40.5 Å². The molecule has 1 saturated heterocycles. The van der Waals surface area contributed by atoms with Crippen molar-refractivity contribution in [3.8, 4) is 0 Å². The number of halogens is 1. The zero-order valence-electron chi connectivity index (χ0n) is 12.5. The van der Waals surface area contributed by atoms with E-state index in [0.717, 1.165) is 13.0 Å². The zero-order chi connectivity index (χ0) is 15.8. The first-order valence-corrected chi connectivity index (χ1v) is 8.92. The number of H-pyrrole nitrogens is 1. The molecule has 4 nitrogen and oxygen atoms in total. The Bertz CT molecular complexity index is 890. The summed E-state index contributed by atoms with van der Waals surface area (Å²) in [5, 5.41) is 3.29. The SMILES string of the molecule is O=c1[nH]c(CN2CCC[C@@H]2c2cccs2)nc2cc(Cl)ccc12. The number of nitrogens with one attached hydrogen (secondary N) is 1. The first-order chi connectivity index (χ1) is 11.2. The van der Waals surface area contributed by atoms with E-state index in [4.69, 9.17) is 11.6 Å². The molecule has 1 N–H and O–H groups in total. The van der Waals surface area contributed by atoms with Gasteiger partial charge in [-0.15, -0.1) is 11.3 Å². The van der Waals surface area contributed by atoms with E-state index in [1.54, 1.807) is 29.5 Å². The van der Waals surface area contributed by atoms with E-state index < -0.39 is 0 Å². The topological polar surface area (TPSA) is 49.0 Å². The maximum absolute atomic E-state index is 12.2. The first kappa shape index (κ1) is 14.9. The highest BCUT2D eigenvalue weighted by Crippen LogP contribution is 2.35. The van der Waals surface area contributed by atoms with E-state index in [-0.39, 0.29) is 5.56 Å². The lowest BCUT2D eigenvalue weighted by Gasteiger charge is -2.22. The minimum atomic E-state index is -0.103. The molecular formula is C17H16ClN3OS. The minimum absolute atomic E-state index is 0.103. The Hall–Kier alpha value is -1.69. The van der Waals surface area contributed by atoms with Gasteiger partial charge >= 0.3 is 0 Å². The van der Waals surface area contributed by atoms with Gasteiger partial charge in [0.15, 0.2) is 0 Å². The molecule has 0 amide bonds. The molecule has 0 radical (unpaired) electrons. The van der Waals surface area contributed by atoms with E-state index in [1.165, 1.54) is 11.3 Å². The Morgan fingerprint density at radius 1 is 1.39 bits per heavy atom. The summed E-state index contributed by atoms with van der Waals surface area (Å²) in [6.07, 6.45) is 2.33. The number of thiophene rings is 1. The van der Waals surface area contributed by atoms with Crippen molar-refractivity contribution in [1.82, 2.24) is 14.9 Å². The highest BCUT2D eigenvalue weighted by molar-refractivity contribution is 7.10. The van der Waals surface area contributed by atoms with Crippen molar-refractivity contribution in [3.05, 3.63) is 61.8 Å². The molecule has 0 aliphatic carbocycles. The van der Waals surface area contributed by atoms with Crippen LogP contribution in [0.3, 0.4) is 0 Å². The summed E-state index contributed by atoms with van der Waals surface area (Å²) in [6.45, 7) is 1.68. The van der Waals surface area contributed by atoms with Crippen molar-refractivity contribution in [2.24, 2.45) is 0 Å². The van der Waals surface area contributed by atoms with Crippen LogP contribution in [0.1, 0.15) is 29.6 Å². The molecule has 6 heteroatoms. The number of fused-ring (bicyclic) bond motifs is 1. The molecule has 1 fully saturated rings. The van der Waals surface area contributed by atoms with Crippen LogP contribution >= 0.6 is 22.9 Å². The molecule has 4 rings (SSSR count). The lowest BCUT2D eigenvalue weighted by atomic mass is 10.2. The van der Waals surface area contributed by atoms with Gasteiger partial charge in [0.1, 0.15) is 5.82 Å². The maximum Gasteiger partial charge on any atom is 0.258 e. The van der Waals surface area contributed by atoms with E-state index in [9.17, 15) is 4.79 Å². The van der Waals surface area contributed by atoms with Gasteiger partial charge in [-0.1, -0.05) is 17.7 Å². The van der Waals surface area contributed by atoms with Crippen molar-refractivity contribution >= 4 is 33.8 Å². The summed E-state index contributed by atoms with van der Waals surface area (Å²) in [5.74, 6) is 0.702. The fourth-order valence-corrected chi connectivity index (χ4v) is 4.31. The number of rotatable bonds is 3. The molecule has 2 aromatic heterocycles. The smallest absolute Gasteiger partial charge is 0.258 e. The molecule has 3 aromatic rings. The van der Waals surface area contributed by atoms with E-state index in [2.05, 4.69) is 32.4 Å². The van der Waals surface area contributed by atoms with Crippen molar-refractivity contribution in [2.75, 3.05) is 6.54 Å². The quantitative estimate of drug-likeness (QED) is 0.781. The van der Waals surface area contributed by atoms with Crippen LogP contribution in [0.25, 0.3) is 10.9 Å². The standard InChI is InChI=1S/C17H16ClN3OS/c18-11-5-6-12-13(9-11)19-16(20-17(12)22)10-21-7-1-3-14(21)15-4-2-8-23-15/h2,4-6,8-9,14H,1,3,7,10H2,(H,19,20,22)/t14-/m1/s1. The molecule has 1 atom stereocenters. The third kappa shape index (κ3) is 2.92. The predicted molar refractivity (Wildman–Crippen MR) is 94.1 cm³/mol. The van der Waals surface area contributed by atoms with Crippen molar-refractivity contribution < 1.29 is 0 Å². The number of benzene rings is 1. The predicted octanol–water partition coefficient (Wildman–Crippen LogP) is 3.98. The Morgan fingerprint density at radius 2 is 2.30 bits per heavy atom. The van der Waals surface area contributed by atoms with Crippen LogP contribution in [0.2, 0.25) is 5.02 Å². The Balaban J connectivity index is 1.66. The molecule has 0 spiro atoms. The normalized spacial score (nSPS) is 18.7. The molecule has 0 unspecified atom stereocenters. The van der Waals surface area contributed by atoms with Crippen LogP contribution in [-0.2, 0) is 6.54 Å². The van der Waals surface area contributed by atoms with E-state index >= 15 is 0 Å². The number of aromatic nitrogens is 2. The van der Waals surface area contributed by atoms with Gasteiger partial charge < -0.3 is 4.98 Å². The van der Waals surface area contributed by atoms with E-state index in [1.807, 2.05) is 0 Å². The van der Waals surface area contributed by atoms with Gasteiger partial charge in [0.2, 0.25) is 0 Å². The summed E-state index contributed by atoms with van der Waals surface area (Å²) in [5.41, 5.74) is 0.552. The van der Waals surface area contributed by atoms with Gasteiger partial charge in [0.25, 0.3) is 5.56 Å². The highest BCUT2D eigenvalue weighted by Gasteiger charge is 2.27. The fourth-order valence-electron chi connectivity index (χ4n) is 3.25. The van der Waals surface area contributed by atoms with Crippen LogP contribution < -0.4 is 5.56 Å². The molecule has 1 aliphatic heterocycles. The Labute approximate surface area is 142 Å². The van der Waals surface area contributed by atoms with Crippen LogP contribution in [0.5, 0.6) is 0 Å². The third-order valence-corrected chi connectivity index (χ3v) is 5.51. The van der Waals surface area contributed by atoms with Gasteiger partial charge in [-0.25, -0.2) is 4.98 Å². The lowest BCUT2D eigenvalue weighted by Crippen LogP contribution is -2.25. The summed E-state index contributed by atoms with van der Waals surface area (Å²) in [6, 6.07) is 9.88. The Kier molecular flexibility index (Phi) is 3.93. The minimum Gasteiger partial charge on any atom is -0.309 e. The number of aromatic amines is 1. The molecule has 1 aromatic carbocycles. The van der Waals surface area contributed by atoms with Crippen LogP contribution in [0.4, 0.5) is 0 Å². The summed E-state index contributed by atoms with van der Waals surface area (Å²) >= 11 is 7.81. The average molecular weight is 346 g/mol. The van der Waals surface area contributed by atoms with Crippen LogP contribution in [0, 0.1) is 0 Å². The van der Waals surface area contributed by atoms with Crippen molar-refractivity contribution in [3.63, 3.8) is 0 Å². The van der Waals surface area contributed by atoms with Crippen molar-refractivity contribution in [2.45, 2.75) is 25.4 Å². The second kappa shape index (κ2) is 6.07. The first-order valence-electron chi connectivity index (χ1n) is 7.66. The number of hydrogen-bond acceptors (Lipinski definition) is 4. The van der Waals surface area contributed by atoms with Gasteiger partial charge in [0.05, 0.1) is 17.4 Å². The largest absolute Gasteiger partial charge is 0.309 e. The van der Waals surface area contributed by atoms with Gasteiger partial charge in [-0.3, -0.25) is 9.69 Å². The number of nitrogens with zero attached hydrogens (tertiary/aromatic N) is 2. The van der Waals surface area contributed by atoms with Crippen LogP contribution in [-0.4, -0.2) is 21.4 Å². The second-order valence-electron chi connectivity index (χ2n) is 5.82. The van der Waals surface area contributed by atoms with Gasteiger partial charge in [0, 0.05) is 15.9 Å².